The maximum Gasteiger partial charge on any atom is 0.240 e. The molecule has 0 aliphatic heterocycles. The highest BCUT2D eigenvalue weighted by Gasteiger charge is 2.31. The topological polar surface area (TPSA) is 72.6 Å². The van der Waals surface area contributed by atoms with E-state index < -0.39 is 6.04 Å². The molecule has 0 fully saturated rings. The Labute approximate surface area is 124 Å². The number of hydrogen-bond donors (Lipinski definition) is 1. The summed E-state index contributed by atoms with van der Waals surface area (Å²) in [6.45, 7) is 6.60. The first-order chi connectivity index (χ1) is 9.88. The van der Waals surface area contributed by atoms with Crippen LogP contribution in [0.1, 0.15) is 32.3 Å². The number of furan rings is 2. The molecule has 2 rings (SSSR count). The molecule has 0 unspecified atom stereocenters. The number of nitrogens with two attached hydrogens (primary N) is 1. The number of amides is 1. The van der Waals surface area contributed by atoms with Crippen LogP contribution >= 0.6 is 0 Å². The number of carbonyl (C=O) groups is 1. The molecule has 5 nitrogen and oxygen atoms in total. The van der Waals surface area contributed by atoms with E-state index in [4.69, 9.17) is 14.6 Å². The third kappa shape index (κ3) is 3.98. The standard InChI is InChI=1S/C16H22N2O3/c1-16(2,3)14(17)15(19)18(10-12-6-4-8-20-12)11-13-7-5-9-21-13/h4-9,14H,10-11,17H2,1-3H3/t14-/m1/s1. The van der Waals surface area contributed by atoms with Crippen molar-refractivity contribution in [3.8, 4) is 0 Å². The van der Waals surface area contributed by atoms with E-state index in [0.717, 1.165) is 11.5 Å². The molecule has 2 N–H and O–H groups in total. The minimum atomic E-state index is -0.581. The zero-order chi connectivity index (χ0) is 15.5. The number of rotatable bonds is 5. The van der Waals surface area contributed by atoms with E-state index in [2.05, 4.69) is 0 Å². The van der Waals surface area contributed by atoms with Gasteiger partial charge in [0.15, 0.2) is 0 Å². The molecule has 2 heterocycles. The predicted octanol–water partition coefficient (Wildman–Crippen LogP) is 2.77. The molecule has 0 aliphatic rings. The Bertz CT molecular complexity index is 517. The van der Waals surface area contributed by atoms with E-state index in [1.807, 2.05) is 32.9 Å². The molecule has 0 radical (unpaired) electrons. The largest absolute Gasteiger partial charge is 0.467 e. The van der Waals surface area contributed by atoms with Crippen molar-refractivity contribution in [1.29, 1.82) is 0 Å². The predicted molar refractivity (Wildman–Crippen MR) is 79.1 cm³/mol. The van der Waals surface area contributed by atoms with E-state index in [1.165, 1.54) is 0 Å². The van der Waals surface area contributed by atoms with Crippen LogP contribution in [0.25, 0.3) is 0 Å². The first-order valence-corrected chi connectivity index (χ1v) is 6.97. The van der Waals surface area contributed by atoms with Crippen LogP contribution in [0.3, 0.4) is 0 Å². The second-order valence-electron chi connectivity index (χ2n) is 6.20. The van der Waals surface area contributed by atoms with Crippen molar-refractivity contribution in [2.45, 2.75) is 39.9 Å². The smallest absolute Gasteiger partial charge is 0.240 e. The summed E-state index contributed by atoms with van der Waals surface area (Å²) in [5.74, 6) is 1.32. The van der Waals surface area contributed by atoms with Crippen LogP contribution in [0.15, 0.2) is 45.6 Å². The summed E-state index contributed by atoms with van der Waals surface area (Å²) in [6.07, 6.45) is 3.18. The van der Waals surface area contributed by atoms with Crippen LogP contribution in [-0.4, -0.2) is 16.8 Å². The Morgan fingerprint density at radius 2 is 1.62 bits per heavy atom. The van der Waals surface area contributed by atoms with Gasteiger partial charge >= 0.3 is 0 Å². The van der Waals surface area contributed by atoms with Crippen molar-refractivity contribution >= 4 is 5.91 Å². The SMILES string of the molecule is CC(C)(C)[C@H](N)C(=O)N(Cc1ccco1)Cc1ccco1. The molecule has 2 aromatic rings. The molecule has 0 bridgehead atoms. The molecule has 5 heteroatoms. The van der Waals surface area contributed by atoms with E-state index in [-0.39, 0.29) is 11.3 Å². The van der Waals surface area contributed by atoms with Crippen LogP contribution in [-0.2, 0) is 17.9 Å². The lowest BCUT2D eigenvalue weighted by Crippen LogP contribution is -2.49. The van der Waals surface area contributed by atoms with Gasteiger partial charge in [-0.05, 0) is 29.7 Å². The number of nitrogens with zero attached hydrogens (tertiary/aromatic N) is 1. The average Bonchev–Trinajstić information content (AvgIpc) is 3.08. The first-order valence-electron chi connectivity index (χ1n) is 6.97. The summed E-state index contributed by atoms with van der Waals surface area (Å²) >= 11 is 0. The van der Waals surface area contributed by atoms with Gasteiger partial charge in [-0.15, -0.1) is 0 Å². The van der Waals surface area contributed by atoms with Gasteiger partial charge in [0.2, 0.25) is 5.91 Å². The van der Waals surface area contributed by atoms with Crippen molar-refractivity contribution in [2.24, 2.45) is 11.1 Å². The van der Waals surface area contributed by atoms with Crippen molar-refractivity contribution in [2.75, 3.05) is 0 Å². The summed E-state index contributed by atoms with van der Waals surface area (Å²) in [5.41, 5.74) is 5.80. The number of hydrogen-bond acceptors (Lipinski definition) is 4. The normalized spacial score (nSPS) is 13.1. The average molecular weight is 290 g/mol. The Balaban J connectivity index is 2.16. The van der Waals surface area contributed by atoms with Crippen LogP contribution < -0.4 is 5.73 Å². The van der Waals surface area contributed by atoms with Gasteiger partial charge in [0.1, 0.15) is 11.5 Å². The van der Waals surface area contributed by atoms with Crippen molar-refractivity contribution in [3.63, 3.8) is 0 Å². The van der Waals surface area contributed by atoms with Gasteiger partial charge in [0.25, 0.3) is 0 Å². The van der Waals surface area contributed by atoms with Crippen molar-refractivity contribution in [3.05, 3.63) is 48.3 Å². The fraction of sp³-hybridized carbons (Fsp3) is 0.438. The summed E-state index contributed by atoms with van der Waals surface area (Å²) in [7, 11) is 0. The summed E-state index contributed by atoms with van der Waals surface area (Å²) in [4.78, 5) is 14.3. The maximum absolute atomic E-state index is 12.7. The first kappa shape index (κ1) is 15.4. The molecule has 114 valence electrons. The van der Waals surface area contributed by atoms with E-state index >= 15 is 0 Å². The van der Waals surface area contributed by atoms with Crippen molar-refractivity contribution in [1.82, 2.24) is 4.90 Å². The van der Waals surface area contributed by atoms with Crippen LogP contribution in [0.2, 0.25) is 0 Å². The Morgan fingerprint density at radius 1 is 1.14 bits per heavy atom. The van der Waals surface area contributed by atoms with Gasteiger partial charge in [-0.25, -0.2) is 0 Å². The molecule has 2 aromatic heterocycles. The van der Waals surface area contributed by atoms with Gasteiger partial charge in [0, 0.05) is 0 Å². The number of carbonyl (C=O) groups excluding carboxylic acids is 1. The van der Waals surface area contributed by atoms with Gasteiger partial charge < -0.3 is 19.5 Å². The maximum atomic E-state index is 12.7. The molecular weight excluding hydrogens is 268 g/mol. The van der Waals surface area contributed by atoms with Crippen LogP contribution in [0.4, 0.5) is 0 Å². The summed E-state index contributed by atoms with van der Waals surface area (Å²) in [6, 6.07) is 6.70. The third-order valence-corrected chi connectivity index (χ3v) is 3.36. The van der Waals surface area contributed by atoms with Crippen LogP contribution in [0.5, 0.6) is 0 Å². The van der Waals surface area contributed by atoms with Crippen LogP contribution in [0, 0.1) is 5.41 Å². The molecule has 0 spiro atoms. The lowest BCUT2D eigenvalue weighted by atomic mass is 9.86. The second kappa shape index (κ2) is 6.18. The second-order valence-corrected chi connectivity index (χ2v) is 6.20. The fourth-order valence-corrected chi connectivity index (χ4v) is 1.96. The molecule has 0 aliphatic carbocycles. The summed E-state index contributed by atoms with van der Waals surface area (Å²) in [5, 5.41) is 0. The monoisotopic (exact) mass is 290 g/mol. The Kier molecular flexibility index (Phi) is 4.53. The molecule has 1 atom stereocenters. The Morgan fingerprint density at radius 3 is 1.95 bits per heavy atom. The molecule has 0 aromatic carbocycles. The minimum absolute atomic E-state index is 0.115. The quantitative estimate of drug-likeness (QED) is 0.919. The van der Waals surface area contributed by atoms with Crippen molar-refractivity contribution < 1.29 is 13.6 Å². The summed E-state index contributed by atoms with van der Waals surface area (Å²) < 4.78 is 10.7. The van der Waals surface area contributed by atoms with E-state index in [0.29, 0.717) is 13.1 Å². The molecule has 1 amide bonds. The molecular formula is C16H22N2O3. The van der Waals surface area contributed by atoms with E-state index in [1.54, 1.807) is 29.6 Å². The highest BCUT2D eigenvalue weighted by atomic mass is 16.3. The van der Waals surface area contributed by atoms with Gasteiger partial charge in [-0.3, -0.25) is 4.79 Å². The molecule has 21 heavy (non-hydrogen) atoms. The highest BCUT2D eigenvalue weighted by Crippen LogP contribution is 2.21. The Hall–Kier alpha value is -2.01. The molecule has 0 saturated heterocycles. The van der Waals surface area contributed by atoms with Gasteiger partial charge in [-0.2, -0.15) is 0 Å². The zero-order valence-corrected chi connectivity index (χ0v) is 12.7. The highest BCUT2D eigenvalue weighted by molar-refractivity contribution is 5.82. The fourth-order valence-electron chi connectivity index (χ4n) is 1.96. The third-order valence-electron chi connectivity index (χ3n) is 3.36. The minimum Gasteiger partial charge on any atom is -0.467 e. The van der Waals surface area contributed by atoms with E-state index in [9.17, 15) is 4.79 Å². The zero-order valence-electron chi connectivity index (χ0n) is 12.7. The lowest BCUT2D eigenvalue weighted by molar-refractivity contribution is -0.136. The molecule has 0 saturated carbocycles. The van der Waals surface area contributed by atoms with Gasteiger partial charge in [0.05, 0.1) is 31.7 Å². The van der Waals surface area contributed by atoms with Gasteiger partial charge in [-0.1, -0.05) is 20.8 Å². The lowest BCUT2D eigenvalue weighted by Gasteiger charge is -2.31.